The van der Waals surface area contributed by atoms with E-state index >= 15 is 0 Å². The summed E-state index contributed by atoms with van der Waals surface area (Å²) >= 11 is 0. The molecule has 1 amide bonds. The van der Waals surface area contributed by atoms with E-state index in [1.807, 2.05) is 24.1 Å². The highest BCUT2D eigenvalue weighted by Gasteiger charge is 2.31. The molecule has 0 saturated heterocycles. The first kappa shape index (κ1) is 11.9. The Balaban J connectivity index is 2.54. The standard InChI is InChI=1S/C13H19N3O/c1-8(2)9-5-4-6-10-12(9)16(3)11(7-14)13(17)15-10/h4-6,8,11H,7,14H2,1-3H3,(H,15,17). The lowest BCUT2D eigenvalue weighted by Gasteiger charge is -2.36. The van der Waals surface area contributed by atoms with Gasteiger partial charge in [-0.3, -0.25) is 4.79 Å². The molecule has 3 N–H and O–H groups in total. The van der Waals surface area contributed by atoms with Gasteiger partial charge in [0.2, 0.25) is 5.91 Å². The smallest absolute Gasteiger partial charge is 0.248 e. The summed E-state index contributed by atoms with van der Waals surface area (Å²) in [4.78, 5) is 13.8. The average molecular weight is 233 g/mol. The first-order chi connectivity index (χ1) is 8.06. The topological polar surface area (TPSA) is 58.4 Å². The van der Waals surface area contributed by atoms with E-state index in [4.69, 9.17) is 5.73 Å². The molecule has 2 rings (SSSR count). The van der Waals surface area contributed by atoms with E-state index in [1.54, 1.807) is 0 Å². The molecule has 1 aromatic carbocycles. The molecule has 1 unspecified atom stereocenters. The summed E-state index contributed by atoms with van der Waals surface area (Å²) in [5.74, 6) is 0.393. The molecule has 4 heteroatoms. The number of nitrogens with zero attached hydrogens (tertiary/aromatic N) is 1. The molecule has 4 nitrogen and oxygen atoms in total. The number of carbonyl (C=O) groups excluding carboxylic acids is 1. The summed E-state index contributed by atoms with van der Waals surface area (Å²) < 4.78 is 0. The van der Waals surface area contributed by atoms with Gasteiger partial charge in [-0.15, -0.1) is 0 Å². The van der Waals surface area contributed by atoms with Crippen LogP contribution in [0.1, 0.15) is 25.3 Å². The molecule has 0 saturated carbocycles. The Bertz CT molecular complexity index is 442. The van der Waals surface area contributed by atoms with Crippen LogP contribution in [0, 0.1) is 0 Å². The quantitative estimate of drug-likeness (QED) is 0.814. The number of carbonyl (C=O) groups is 1. The number of nitrogens with one attached hydrogen (secondary N) is 1. The van der Waals surface area contributed by atoms with Crippen LogP contribution in [-0.4, -0.2) is 25.5 Å². The Morgan fingerprint density at radius 2 is 2.18 bits per heavy atom. The molecule has 0 aromatic heterocycles. The Hall–Kier alpha value is -1.55. The van der Waals surface area contributed by atoms with Crippen LogP contribution in [-0.2, 0) is 4.79 Å². The summed E-state index contributed by atoms with van der Waals surface area (Å²) in [7, 11) is 1.93. The molecular formula is C13H19N3O. The fraction of sp³-hybridized carbons (Fsp3) is 0.462. The minimum absolute atomic E-state index is 0.0246. The lowest BCUT2D eigenvalue weighted by atomic mass is 9.96. The van der Waals surface area contributed by atoms with Crippen LogP contribution in [0.2, 0.25) is 0 Å². The van der Waals surface area contributed by atoms with E-state index < -0.39 is 0 Å². The van der Waals surface area contributed by atoms with Gasteiger partial charge in [-0.05, 0) is 17.5 Å². The van der Waals surface area contributed by atoms with Gasteiger partial charge < -0.3 is 16.0 Å². The van der Waals surface area contributed by atoms with Gasteiger partial charge in [0.1, 0.15) is 6.04 Å². The molecule has 1 aromatic rings. The number of amides is 1. The van der Waals surface area contributed by atoms with Crippen LogP contribution < -0.4 is 16.0 Å². The van der Waals surface area contributed by atoms with Crippen molar-refractivity contribution >= 4 is 17.3 Å². The highest BCUT2D eigenvalue weighted by atomic mass is 16.2. The lowest BCUT2D eigenvalue weighted by Crippen LogP contribution is -2.50. The van der Waals surface area contributed by atoms with Crippen molar-refractivity contribution in [3.05, 3.63) is 23.8 Å². The molecule has 92 valence electrons. The molecule has 0 aliphatic carbocycles. The number of rotatable bonds is 2. The van der Waals surface area contributed by atoms with Gasteiger partial charge in [0, 0.05) is 13.6 Å². The zero-order valence-corrected chi connectivity index (χ0v) is 10.5. The second kappa shape index (κ2) is 4.37. The van der Waals surface area contributed by atoms with Gasteiger partial charge in [-0.25, -0.2) is 0 Å². The fourth-order valence-corrected chi connectivity index (χ4v) is 2.33. The zero-order chi connectivity index (χ0) is 12.6. The number of hydrogen-bond donors (Lipinski definition) is 2. The number of likely N-dealkylation sites (N-methyl/N-ethyl adjacent to an activating group) is 1. The van der Waals surface area contributed by atoms with Crippen LogP contribution in [0.25, 0.3) is 0 Å². The third-order valence-corrected chi connectivity index (χ3v) is 3.29. The third kappa shape index (κ3) is 1.89. The minimum Gasteiger partial charge on any atom is -0.360 e. The maximum Gasteiger partial charge on any atom is 0.248 e. The van der Waals surface area contributed by atoms with Gasteiger partial charge in [0.25, 0.3) is 0 Å². The normalized spacial score (nSPS) is 19.2. The van der Waals surface area contributed by atoms with Crippen LogP contribution >= 0.6 is 0 Å². The second-order valence-electron chi connectivity index (χ2n) is 4.75. The predicted molar refractivity (Wildman–Crippen MR) is 70.4 cm³/mol. The van der Waals surface area contributed by atoms with E-state index in [0.29, 0.717) is 12.5 Å². The molecule has 0 radical (unpaired) electrons. The minimum atomic E-state index is -0.276. The second-order valence-corrected chi connectivity index (χ2v) is 4.75. The molecule has 0 bridgehead atoms. The molecule has 1 aliphatic heterocycles. The average Bonchev–Trinajstić information content (AvgIpc) is 2.28. The first-order valence-corrected chi connectivity index (χ1v) is 5.93. The number of anilines is 2. The first-order valence-electron chi connectivity index (χ1n) is 5.93. The van der Waals surface area contributed by atoms with Crippen molar-refractivity contribution in [3.8, 4) is 0 Å². The van der Waals surface area contributed by atoms with Crippen LogP contribution in [0.5, 0.6) is 0 Å². The molecule has 1 aliphatic rings. The molecule has 1 atom stereocenters. The van der Waals surface area contributed by atoms with Gasteiger partial charge >= 0.3 is 0 Å². The highest BCUT2D eigenvalue weighted by molar-refractivity contribution is 6.04. The van der Waals surface area contributed by atoms with Crippen molar-refractivity contribution < 1.29 is 4.79 Å². The van der Waals surface area contributed by atoms with Crippen molar-refractivity contribution in [2.45, 2.75) is 25.8 Å². The van der Waals surface area contributed by atoms with Gasteiger partial charge in [0.15, 0.2) is 0 Å². The highest BCUT2D eigenvalue weighted by Crippen LogP contribution is 2.37. The Morgan fingerprint density at radius 1 is 1.47 bits per heavy atom. The zero-order valence-electron chi connectivity index (χ0n) is 10.5. The molecule has 0 fully saturated rings. The lowest BCUT2D eigenvalue weighted by molar-refractivity contribution is -0.117. The third-order valence-electron chi connectivity index (χ3n) is 3.29. The van der Waals surface area contributed by atoms with E-state index in [1.165, 1.54) is 5.56 Å². The summed E-state index contributed by atoms with van der Waals surface area (Å²) in [6.45, 7) is 4.63. The van der Waals surface area contributed by atoms with E-state index in [2.05, 4.69) is 25.2 Å². The van der Waals surface area contributed by atoms with E-state index in [0.717, 1.165) is 11.4 Å². The van der Waals surface area contributed by atoms with Crippen LogP contribution in [0.15, 0.2) is 18.2 Å². The summed E-state index contributed by atoms with van der Waals surface area (Å²) in [5.41, 5.74) is 8.88. The molecule has 1 heterocycles. The molecular weight excluding hydrogens is 214 g/mol. The van der Waals surface area contributed by atoms with Crippen molar-refractivity contribution in [1.29, 1.82) is 0 Å². The monoisotopic (exact) mass is 233 g/mol. The largest absolute Gasteiger partial charge is 0.360 e. The van der Waals surface area contributed by atoms with Gasteiger partial charge in [0.05, 0.1) is 11.4 Å². The number of nitrogens with two attached hydrogens (primary N) is 1. The van der Waals surface area contributed by atoms with Crippen LogP contribution in [0.4, 0.5) is 11.4 Å². The van der Waals surface area contributed by atoms with Crippen molar-refractivity contribution in [2.75, 3.05) is 23.8 Å². The Morgan fingerprint density at radius 3 is 2.76 bits per heavy atom. The number of benzene rings is 1. The number of hydrogen-bond acceptors (Lipinski definition) is 3. The fourth-order valence-electron chi connectivity index (χ4n) is 2.33. The molecule has 0 spiro atoms. The van der Waals surface area contributed by atoms with Crippen molar-refractivity contribution in [3.63, 3.8) is 0 Å². The van der Waals surface area contributed by atoms with Crippen molar-refractivity contribution in [2.24, 2.45) is 5.73 Å². The van der Waals surface area contributed by atoms with Gasteiger partial charge in [-0.1, -0.05) is 26.0 Å². The number of fused-ring (bicyclic) bond motifs is 1. The van der Waals surface area contributed by atoms with Crippen molar-refractivity contribution in [1.82, 2.24) is 0 Å². The summed E-state index contributed by atoms with van der Waals surface area (Å²) in [6, 6.07) is 5.74. The van der Waals surface area contributed by atoms with E-state index in [-0.39, 0.29) is 11.9 Å². The Kier molecular flexibility index (Phi) is 3.07. The maximum atomic E-state index is 11.8. The Labute approximate surface area is 102 Å². The summed E-state index contributed by atoms with van der Waals surface area (Å²) in [6.07, 6.45) is 0. The number of para-hydroxylation sites is 1. The SMILES string of the molecule is CC(C)c1cccc2c1N(C)C(CN)C(=O)N2. The molecule has 17 heavy (non-hydrogen) atoms. The van der Waals surface area contributed by atoms with Crippen LogP contribution in [0.3, 0.4) is 0 Å². The summed E-state index contributed by atoms with van der Waals surface area (Å²) in [5, 5.41) is 2.93. The van der Waals surface area contributed by atoms with E-state index in [9.17, 15) is 4.79 Å². The van der Waals surface area contributed by atoms with Gasteiger partial charge in [-0.2, -0.15) is 0 Å². The maximum absolute atomic E-state index is 11.8. The predicted octanol–water partition coefficient (Wildman–Crippen LogP) is 1.53.